The van der Waals surface area contributed by atoms with E-state index in [1.54, 1.807) is 0 Å². The first-order valence-electron chi connectivity index (χ1n) is 8.75. The van der Waals surface area contributed by atoms with Gasteiger partial charge in [0.05, 0.1) is 6.10 Å². The summed E-state index contributed by atoms with van der Waals surface area (Å²) in [5.41, 5.74) is 2.52. The van der Waals surface area contributed by atoms with E-state index >= 15 is 0 Å². The molecule has 2 heteroatoms. The number of hydrogen-bond donors (Lipinski definition) is 1. The van der Waals surface area contributed by atoms with Gasteiger partial charge in [-0.1, -0.05) is 38.5 Å². The minimum absolute atomic E-state index is 0.340. The molecule has 0 aromatic carbocycles. The molecule has 1 saturated carbocycles. The first-order chi connectivity index (χ1) is 10.2. The SMILES string of the molecule is C/C1=C\C[C@H](O)/C(C)=C/[C@H]2[C@@H](CC[C@H](C)CC(=O)C1)C2(C)C. The molecule has 2 nitrogen and oxygen atoms in total. The molecule has 0 spiro atoms. The summed E-state index contributed by atoms with van der Waals surface area (Å²) >= 11 is 0. The minimum Gasteiger partial charge on any atom is -0.388 e. The number of aliphatic hydroxyl groups is 1. The van der Waals surface area contributed by atoms with Crippen molar-refractivity contribution in [3.63, 3.8) is 0 Å². The first kappa shape index (κ1) is 17.5. The second-order valence-corrected chi connectivity index (χ2v) is 8.27. The van der Waals surface area contributed by atoms with E-state index in [2.05, 4.69) is 26.8 Å². The molecule has 2 aliphatic carbocycles. The Bertz CT molecular complexity index is 484. The molecule has 124 valence electrons. The van der Waals surface area contributed by atoms with Crippen LogP contribution in [0.5, 0.6) is 0 Å². The number of fused-ring (bicyclic) bond motifs is 1. The van der Waals surface area contributed by atoms with Gasteiger partial charge in [0.25, 0.3) is 0 Å². The minimum atomic E-state index is -0.413. The van der Waals surface area contributed by atoms with Crippen LogP contribution in [0.15, 0.2) is 23.3 Å². The first-order valence-corrected chi connectivity index (χ1v) is 8.75. The fourth-order valence-electron chi connectivity index (χ4n) is 3.97. The second kappa shape index (κ2) is 6.70. The van der Waals surface area contributed by atoms with Crippen molar-refractivity contribution < 1.29 is 9.90 Å². The summed E-state index contributed by atoms with van der Waals surface area (Å²) in [6, 6.07) is 0. The molecule has 22 heavy (non-hydrogen) atoms. The molecule has 1 fully saturated rings. The van der Waals surface area contributed by atoms with Gasteiger partial charge in [0.2, 0.25) is 0 Å². The molecule has 0 aromatic rings. The number of Topliss-reactive ketones (excluding diaryl/α,β-unsaturated/α-hetero) is 1. The Kier molecular flexibility index (Phi) is 5.32. The Morgan fingerprint density at radius 2 is 1.91 bits per heavy atom. The maximum absolute atomic E-state index is 12.1. The molecule has 0 radical (unpaired) electrons. The molecular weight excluding hydrogens is 272 g/mol. The number of carbonyl (C=O) groups is 1. The van der Waals surface area contributed by atoms with Crippen molar-refractivity contribution in [1.82, 2.24) is 0 Å². The molecular formula is C20H32O2. The predicted molar refractivity (Wildman–Crippen MR) is 91.5 cm³/mol. The molecule has 0 aliphatic heterocycles. The normalized spacial score (nSPS) is 41.5. The summed E-state index contributed by atoms with van der Waals surface area (Å²) in [6.45, 7) is 10.9. The van der Waals surface area contributed by atoms with E-state index in [-0.39, 0.29) is 0 Å². The van der Waals surface area contributed by atoms with Gasteiger partial charge in [0.15, 0.2) is 0 Å². The van der Waals surface area contributed by atoms with E-state index in [0.29, 0.717) is 48.2 Å². The third-order valence-electron chi connectivity index (χ3n) is 5.82. The molecule has 1 N–H and O–H groups in total. The van der Waals surface area contributed by atoms with Crippen LogP contribution in [-0.4, -0.2) is 17.0 Å². The van der Waals surface area contributed by atoms with Crippen LogP contribution in [-0.2, 0) is 4.79 Å². The number of carbonyl (C=O) groups excluding carboxylic acids is 1. The van der Waals surface area contributed by atoms with Crippen molar-refractivity contribution in [2.24, 2.45) is 23.2 Å². The van der Waals surface area contributed by atoms with Crippen LogP contribution in [0.4, 0.5) is 0 Å². The average Bonchev–Trinajstić information content (AvgIpc) is 2.92. The van der Waals surface area contributed by atoms with E-state index < -0.39 is 6.10 Å². The monoisotopic (exact) mass is 304 g/mol. The van der Waals surface area contributed by atoms with Crippen LogP contribution in [0, 0.1) is 23.2 Å². The third-order valence-corrected chi connectivity index (χ3v) is 5.82. The van der Waals surface area contributed by atoms with Gasteiger partial charge in [-0.25, -0.2) is 0 Å². The summed E-state index contributed by atoms with van der Waals surface area (Å²) in [4.78, 5) is 12.1. The molecule has 0 amide bonds. The van der Waals surface area contributed by atoms with E-state index in [9.17, 15) is 9.90 Å². The summed E-state index contributed by atoms with van der Waals surface area (Å²) in [5, 5.41) is 10.3. The summed E-state index contributed by atoms with van der Waals surface area (Å²) in [5.74, 6) is 2.10. The molecule has 0 aromatic heterocycles. The number of rotatable bonds is 0. The lowest BCUT2D eigenvalue weighted by molar-refractivity contribution is -0.119. The highest BCUT2D eigenvalue weighted by Crippen LogP contribution is 2.61. The fraction of sp³-hybridized carbons (Fsp3) is 0.750. The highest BCUT2D eigenvalue weighted by atomic mass is 16.3. The van der Waals surface area contributed by atoms with Crippen LogP contribution in [0.3, 0.4) is 0 Å². The van der Waals surface area contributed by atoms with Crippen LogP contribution in [0.25, 0.3) is 0 Å². The van der Waals surface area contributed by atoms with Crippen LogP contribution >= 0.6 is 0 Å². The van der Waals surface area contributed by atoms with Crippen molar-refractivity contribution >= 4 is 5.78 Å². The second-order valence-electron chi connectivity index (χ2n) is 8.27. The standard InChI is InChI=1S/C20H32O2/c1-13-6-8-17-18(20(17,4)5)12-15(3)19(22)9-7-14(2)11-16(21)10-13/h7,12-13,17-19,22H,6,8-11H2,1-5H3/b14-7+,15-12+/t13-,17+,18-,19-/m0/s1. The molecule has 0 heterocycles. The highest BCUT2D eigenvalue weighted by molar-refractivity contribution is 5.80. The maximum atomic E-state index is 12.1. The molecule has 2 rings (SSSR count). The third kappa shape index (κ3) is 4.10. The number of allylic oxidation sites excluding steroid dienone is 2. The number of hydrogen-bond acceptors (Lipinski definition) is 2. The van der Waals surface area contributed by atoms with E-state index in [4.69, 9.17) is 0 Å². The number of ketones is 1. The van der Waals surface area contributed by atoms with Crippen LogP contribution in [0.1, 0.15) is 66.7 Å². The molecule has 0 saturated heterocycles. The Labute approximate surface area is 135 Å². The molecule has 0 unspecified atom stereocenters. The van der Waals surface area contributed by atoms with E-state index in [1.807, 2.05) is 19.9 Å². The van der Waals surface area contributed by atoms with Crippen molar-refractivity contribution in [3.05, 3.63) is 23.3 Å². The van der Waals surface area contributed by atoms with Crippen LogP contribution < -0.4 is 0 Å². The van der Waals surface area contributed by atoms with Gasteiger partial charge in [-0.2, -0.15) is 0 Å². The molecule has 4 atom stereocenters. The predicted octanol–water partition coefficient (Wildman–Crippen LogP) is 4.68. The highest BCUT2D eigenvalue weighted by Gasteiger charge is 2.55. The average molecular weight is 304 g/mol. The van der Waals surface area contributed by atoms with E-state index in [1.165, 1.54) is 6.42 Å². The zero-order valence-electron chi connectivity index (χ0n) is 14.9. The van der Waals surface area contributed by atoms with Gasteiger partial charge >= 0.3 is 0 Å². The van der Waals surface area contributed by atoms with Gasteiger partial charge in [-0.05, 0) is 61.9 Å². The Morgan fingerprint density at radius 3 is 2.59 bits per heavy atom. The van der Waals surface area contributed by atoms with E-state index in [0.717, 1.165) is 17.6 Å². The summed E-state index contributed by atoms with van der Waals surface area (Å²) < 4.78 is 0. The lowest BCUT2D eigenvalue weighted by Crippen LogP contribution is -2.09. The topological polar surface area (TPSA) is 37.3 Å². The largest absolute Gasteiger partial charge is 0.388 e. The molecule has 0 bridgehead atoms. The smallest absolute Gasteiger partial charge is 0.137 e. The van der Waals surface area contributed by atoms with Gasteiger partial charge < -0.3 is 5.11 Å². The Hall–Kier alpha value is -0.890. The summed E-state index contributed by atoms with van der Waals surface area (Å²) in [6.07, 6.45) is 8.11. The van der Waals surface area contributed by atoms with Gasteiger partial charge in [-0.3, -0.25) is 4.79 Å². The van der Waals surface area contributed by atoms with Gasteiger partial charge in [0.1, 0.15) is 5.78 Å². The molecule has 2 aliphatic rings. The fourth-order valence-corrected chi connectivity index (χ4v) is 3.97. The summed E-state index contributed by atoms with van der Waals surface area (Å²) in [7, 11) is 0. The lowest BCUT2D eigenvalue weighted by Gasteiger charge is -2.13. The van der Waals surface area contributed by atoms with Gasteiger partial charge in [0, 0.05) is 12.8 Å². The van der Waals surface area contributed by atoms with Crippen molar-refractivity contribution in [2.75, 3.05) is 0 Å². The van der Waals surface area contributed by atoms with Crippen molar-refractivity contribution in [2.45, 2.75) is 72.8 Å². The lowest BCUT2D eigenvalue weighted by atomic mass is 9.93. The Morgan fingerprint density at radius 1 is 1.23 bits per heavy atom. The van der Waals surface area contributed by atoms with Crippen molar-refractivity contribution in [1.29, 1.82) is 0 Å². The zero-order chi connectivity index (χ0) is 16.5. The van der Waals surface area contributed by atoms with Gasteiger partial charge in [-0.15, -0.1) is 0 Å². The Balaban J connectivity index is 2.16. The van der Waals surface area contributed by atoms with Crippen molar-refractivity contribution in [3.8, 4) is 0 Å². The quantitative estimate of drug-likeness (QED) is 0.660. The van der Waals surface area contributed by atoms with Crippen LogP contribution in [0.2, 0.25) is 0 Å². The number of aliphatic hydroxyl groups excluding tert-OH is 1. The zero-order valence-corrected chi connectivity index (χ0v) is 14.9. The maximum Gasteiger partial charge on any atom is 0.137 e.